The third-order valence-corrected chi connectivity index (χ3v) is 4.60. The summed E-state index contributed by atoms with van der Waals surface area (Å²) in [5.74, 6) is -0.669. The summed E-state index contributed by atoms with van der Waals surface area (Å²) in [6, 6.07) is 13.8. The highest BCUT2D eigenvalue weighted by atomic mass is 32.2. The molecule has 2 heterocycles. The molecule has 0 radical (unpaired) electrons. The van der Waals surface area contributed by atoms with E-state index < -0.39 is 15.8 Å². The van der Waals surface area contributed by atoms with Crippen molar-refractivity contribution in [3.05, 3.63) is 73.2 Å². The Morgan fingerprint density at radius 1 is 1.03 bits per heavy atom. The van der Waals surface area contributed by atoms with E-state index in [4.69, 9.17) is 0 Å². The Bertz CT molecular complexity index is 1310. The molecule has 3 N–H and O–H groups in total. The van der Waals surface area contributed by atoms with Gasteiger partial charge in [-0.1, -0.05) is 18.2 Å². The Balaban J connectivity index is 1.59. The minimum Gasteiger partial charge on any atom is -0.336 e. The number of halogens is 1. The molecule has 31 heavy (non-hydrogen) atoms. The molecule has 12 heteroatoms. The molecule has 0 aliphatic carbocycles. The third-order valence-electron chi connectivity index (χ3n) is 4.01. The van der Waals surface area contributed by atoms with Crippen LogP contribution in [0.15, 0.2) is 67.4 Å². The number of sulfonamides is 1. The summed E-state index contributed by atoms with van der Waals surface area (Å²) in [5, 5.41) is 9.90. The number of hydrogen-bond acceptors (Lipinski definition) is 8. The van der Waals surface area contributed by atoms with Gasteiger partial charge in [0.2, 0.25) is 16.0 Å². The first-order valence-electron chi connectivity index (χ1n) is 8.96. The highest BCUT2D eigenvalue weighted by Crippen LogP contribution is 2.27. The molecule has 158 valence electrons. The molecule has 0 fully saturated rings. The fourth-order valence-electron chi connectivity index (χ4n) is 2.72. The summed E-state index contributed by atoms with van der Waals surface area (Å²) >= 11 is 0. The van der Waals surface area contributed by atoms with Crippen LogP contribution in [0.5, 0.6) is 0 Å². The summed E-state index contributed by atoms with van der Waals surface area (Å²) in [7, 11) is -3.51. The van der Waals surface area contributed by atoms with E-state index in [0.717, 1.165) is 18.1 Å². The van der Waals surface area contributed by atoms with Gasteiger partial charge in [0.15, 0.2) is 11.6 Å². The maximum Gasteiger partial charge on any atom is 0.229 e. The van der Waals surface area contributed by atoms with Gasteiger partial charge in [-0.15, -0.1) is 0 Å². The van der Waals surface area contributed by atoms with Gasteiger partial charge in [0.1, 0.15) is 12.7 Å². The van der Waals surface area contributed by atoms with E-state index in [1.54, 1.807) is 47.4 Å². The fourth-order valence-corrected chi connectivity index (χ4v) is 3.30. The molecular weight excluding hydrogens is 423 g/mol. The first-order chi connectivity index (χ1) is 14.9. The molecule has 10 nitrogen and oxygen atoms in total. The fraction of sp³-hybridized carbons (Fsp3) is 0.0526. The zero-order valence-corrected chi connectivity index (χ0v) is 17.0. The predicted octanol–water partition coefficient (Wildman–Crippen LogP) is 3.06. The van der Waals surface area contributed by atoms with Crippen LogP contribution in [0.25, 0.3) is 5.69 Å². The van der Waals surface area contributed by atoms with Gasteiger partial charge >= 0.3 is 0 Å². The maximum atomic E-state index is 14.3. The quantitative estimate of drug-likeness (QED) is 0.400. The van der Waals surface area contributed by atoms with E-state index in [1.165, 1.54) is 6.33 Å². The van der Waals surface area contributed by atoms with E-state index in [0.29, 0.717) is 11.4 Å². The lowest BCUT2D eigenvalue weighted by Gasteiger charge is -2.13. The number of nitrogens with one attached hydrogen (secondary N) is 3. The standard InChI is InChI=1S/C19H17FN8O2S/c1-31(29,30)27-17-8-3-2-7-16(17)25-18-15(20)10-22-19(26-18)24-13-5-4-6-14(9-13)28-12-21-11-23-28/h2-12,27H,1H3,(H2,22,24,25,26). The first-order valence-corrected chi connectivity index (χ1v) is 10.8. The molecule has 0 amide bonds. The summed E-state index contributed by atoms with van der Waals surface area (Å²) in [6.07, 6.45) is 5.05. The van der Waals surface area contributed by atoms with Crippen molar-refractivity contribution in [1.29, 1.82) is 0 Å². The predicted molar refractivity (Wildman–Crippen MR) is 115 cm³/mol. The van der Waals surface area contributed by atoms with Crippen LogP contribution in [-0.2, 0) is 10.0 Å². The first kappa shape index (κ1) is 20.2. The molecule has 4 aromatic rings. The lowest BCUT2D eigenvalue weighted by molar-refractivity contribution is 0.607. The Morgan fingerprint density at radius 2 is 1.84 bits per heavy atom. The zero-order valence-electron chi connectivity index (χ0n) is 16.2. The van der Waals surface area contributed by atoms with Gasteiger partial charge in [-0.3, -0.25) is 4.72 Å². The maximum absolute atomic E-state index is 14.3. The molecule has 0 saturated heterocycles. The van der Waals surface area contributed by atoms with Gasteiger partial charge in [-0.2, -0.15) is 10.1 Å². The van der Waals surface area contributed by atoms with Gasteiger partial charge in [0.25, 0.3) is 0 Å². The van der Waals surface area contributed by atoms with Gasteiger partial charge in [-0.25, -0.2) is 27.5 Å². The van der Waals surface area contributed by atoms with Crippen molar-refractivity contribution in [3.63, 3.8) is 0 Å². The SMILES string of the molecule is CS(=O)(=O)Nc1ccccc1Nc1nc(Nc2cccc(-n3cncn3)c2)ncc1F. The van der Waals surface area contributed by atoms with E-state index in [2.05, 4.69) is 35.4 Å². The van der Waals surface area contributed by atoms with Crippen LogP contribution in [0.3, 0.4) is 0 Å². The number of aromatic nitrogens is 5. The van der Waals surface area contributed by atoms with Crippen LogP contribution < -0.4 is 15.4 Å². The van der Waals surface area contributed by atoms with E-state index >= 15 is 0 Å². The Kier molecular flexibility index (Phi) is 5.45. The van der Waals surface area contributed by atoms with Crippen molar-refractivity contribution in [1.82, 2.24) is 24.7 Å². The van der Waals surface area contributed by atoms with Crippen molar-refractivity contribution in [3.8, 4) is 5.69 Å². The number of hydrogen-bond donors (Lipinski definition) is 3. The number of para-hydroxylation sites is 2. The smallest absolute Gasteiger partial charge is 0.229 e. The van der Waals surface area contributed by atoms with E-state index in [-0.39, 0.29) is 17.5 Å². The van der Waals surface area contributed by atoms with Crippen LogP contribution >= 0.6 is 0 Å². The zero-order chi connectivity index (χ0) is 21.8. The minimum atomic E-state index is -3.51. The summed E-state index contributed by atoms with van der Waals surface area (Å²) in [5.41, 5.74) is 2.02. The number of anilines is 5. The van der Waals surface area contributed by atoms with Crippen molar-refractivity contribution < 1.29 is 12.8 Å². The molecule has 0 aliphatic heterocycles. The van der Waals surface area contributed by atoms with Gasteiger partial charge in [0.05, 0.1) is 29.5 Å². The molecule has 0 unspecified atom stereocenters. The van der Waals surface area contributed by atoms with Crippen LogP contribution in [-0.4, -0.2) is 39.4 Å². The molecule has 4 rings (SSSR count). The molecule has 0 atom stereocenters. The lowest BCUT2D eigenvalue weighted by Crippen LogP contribution is -2.11. The minimum absolute atomic E-state index is 0.118. The molecule has 2 aromatic carbocycles. The number of rotatable bonds is 7. The van der Waals surface area contributed by atoms with Crippen molar-refractivity contribution >= 4 is 38.9 Å². The summed E-state index contributed by atoms with van der Waals surface area (Å²) < 4.78 is 41.5. The van der Waals surface area contributed by atoms with Gasteiger partial charge < -0.3 is 10.6 Å². The van der Waals surface area contributed by atoms with Crippen LogP contribution in [0.2, 0.25) is 0 Å². The highest BCUT2D eigenvalue weighted by molar-refractivity contribution is 7.92. The van der Waals surface area contributed by atoms with Crippen molar-refractivity contribution in [2.24, 2.45) is 0 Å². The normalized spacial score (nSPS) is 11.2. The van der Waals surface area contributed by atoms with Gasteiger partial charge in [0, 0.05) is 5.69 Å². The molecule has 0 aliphatic rings. The second-order valence-electron chi connectivity index (χ2n) is 6.45. The summed E-state index contributed by atoms with van der Waals surface area (Å²) in [6.45, 7) is 0. The van der Waals surface area contributed by atoms with Crippen molar-refractivity contribution in [2.45, 2.75) is 0 Å². The Morgan fingerprint density at radius 3 is 2.58 bits per heavy atom. The molecule has 2 aromatic heterocycles. The molecular formula is C19H17FN8O2S. The average Bonchev–Trinajstić information content (AvgIpc) is 3.26. The number of benzene rings is 2. The third kappa shape index (κ3) is 5.11. The number of nitrogens with zero attached hydrogens (tertiary/aromatic N) is 5. The van der Waals surface area contributed by atoms with Crippen LogP contribution in [0.4, 0.5) is 33.2 Å². The Labute approximate surface area is 177 Å². The second-order valence-corrected chi connectivity index (χ2v) is 8.20. The molecule has 0 bridgehead atoms. The largest absolute Gasteiger partial charge is 0.336 e. The second kappa shape index (κ2) is 8.36. The van der Waals surface area contributed by atoms with Gasteiger partial charge in [-0.05, 0) is 30.3 Å². The van der Waals surface area contributed by atoms with Crippen LogP contribution in [0.1, 0.15) is 0 Å². The van der Waals surface area contributed by atoms with E-state index in [1.807, 2.05) is 12.1 Å². The lowest BCUT2D eigenvalue weighted by atomic mass is 10.2. The average molecular weight is 440 g/mol. The van der Waals surface area contributed by atoms with Crippen molar-refractivity contribution in [2.75, 3.05) is 21.6 Å². The Hall–Kier alpha value is -4.06. The van der Waals surface area contributed by atoms with E-state index in [9.17, 15) is 12.8 Å². The highest BCUT2D eigenvalue weighted by Gasteiger charge is 2.12. The monoisotopic (exact) mass is 440 g/mol. The molecule has 0 spiro atoms. The van der Waals surface area contributed by atoms with Crippen LogP contribution in [0, 0.1) is 5.82 Å². The summed E-state index contributed by atoms with van der Waals surface area (Å²) in [4.78, 5) is 12.1. The molecule has 0 saturated carbocycles. The topological polar surface area (TPSA) is 127 Å².